The van der Waals surface area contributed by atoms with Crippen molar-refractivity contribution in [3.8, 4) is 11.4 Å². The quantitative estimate of drug-likeness (QED) is 0.844. The molecule has 1 aromatic heterocycles. The Bertz CT molecular complexity index is 788. The van der Waals surface area contributed by atoms with Crippen molar-refractivity contribution in [2.24, 2.45) is 0 Å². The van der Waals surface area contributed by atoms with Gasteiger partial charge < -0.3 is 14.7 Å². The summed E-state index contributed by atoms with van der Waals surface area (Å²) >= 11 is 0. The smallest absolute Gasteiger partial charge is 0.339 e. The van der Waals surface area contributed by atoms with Gasteiger partial charge in [0, 0.05) is 25.3 Å². The Morgan fingerprint density at radius 1 is 1.19 bits per heavy atom. The van der Waals surface area contributed by atoms with Gasteiger partial charge in [0.25, 0.3) is 0 Å². The van der Waals surface area contributed by atoms with Gasteiger partial charge in [-0.2, -0.15) is 5.10 Å². The van der Waals surface area contributed by atoms with E-state index in [1.807, 2.05) is 31.2 Å². The van der Waals surface area contributed by atoms with Crippen LogP contribution >= 0.6 is 0 Å². The highest BCUT2D eigenvalue weighted by Crippen LogP contribution is 2.28. The molecule has 27 heavy (non-hydrogen) atoms. The molecule has 2 heterocycles. The Hall–Kier alpha value is -2.34. The predicted molar refractivity (Wildman–Crippen MR) is 103 cm³/mol. The van der Waals surface area contributed by atoms with Crippen molar-refractivity contribution in [1.82, 2.24) is 14.7 Å². The van der Waals surface area contributed by atoms with Crippen molar-refractivity contribution in [1.29, 1.82) is 0 Å². The highest BCUT2D eigenvalue weighted by Gasteiger charge is 2.29. The molecule has 2 fully saturated rings. The summed E-state index contributed by atoms with van der Waals surface area (Å²) in [4.78, 5) is 13.9. The normalized spacial score (nSPS) is 19.0. The molecule has 2 aliphatic rings. The first-order chi connectivity index (χ1) is 13.1. The van der Waals surface area contributed by atoms with Crippen molar-refractivity contribution in [3.63, 3.8) is 0 Å². The fraction of sp³-hybridized carbons (Fsp3) is 0.524. The second-order valence-corrected chi connectivity index (χ2v) is 7.52. The molecule has 0 unspecified atom stereocenters. The zero-order chi connectivity index (χ0) is 18.8. The second kappa shape index (κ2) is 7.72. The number of ether oxygens (including phenoxy) is 1. The number of hydrogen-bond acceptors (Lipinski definition) is 4. The lowest BCUT2D eigenvalue weighted by Gasteiger charge is -2.41. The molecule has 1 aliphatic carbocycles. The van der Waals surface area contributed by atoms with Gasteiger partial charge in [0.1, 0.15) is 17.4 Å². The highest BCUT2D eigenvalue weighted by molar-refractivity contribution is 5.88. The standard InChI is InChI=1S/C21H27N3O3/c1-2-20-19(21(25)26)14-24(22-20)16-6-8-17(9-7-16)27-18-10-12-23(13-11-18)15-4-3-5-15/h6-9,14-15,18H,2-5,10-13H2,1H3,(H,25,26). The summed E-state index contributed by atoms with van der Waals surface area (Å²) < 4.78 is 7.79. The second-order valence-electron chi connectivity index (χ2n) is 7.52. The lowest BCUT2D eigenvalue weighted by Crippen LogP contribution is -2.46. The zero-order valence-electron chi connectivity index (χ0n) is 15.8. The van der Waals surface area contributed by atoms with E-state index in [4.69, 9.17) is 4.74 Å². The maximum Gasteiger partial charge on any atom is 0.339 e. The molecule has 6 nitrogen and oxygen atoms in total. The van der Waals surface area contributed by atoms with E-state index in [-0.39, 0.29) is 11.7 Å². The van der Waals surface area contributed by atoms with Crippen LogP contribution in [-0.2, 0) is 6.42 Å². The first-order valence-corrected chi connectivity index (χ1v) is 9.97. The molecule has 0 radical (unpaired) electrons. The summed E-state index contributed by atoms with van der Waals surface area (Å²) in [5, 5.41) is 13.7. The zero-order valence-corrected chi connectivity index (χ0v) is 15.8. The number of carbonyl (C=O) groups is 1. The number of carboxylic acids is 1. The van der Waals surface area contributed by atoms with Gasteiger partial charge in [-0.1, -0.05) is 13.3 Å². The third-order valence-corrected chi connectivity index (χ3v) is 5.83. The summed E-state index contributed by atoms with van der Waals surface area (Å²) in [6, 6.07) is 8.57. The monoisotopic (exact) mass is 369 g/mol. The molecule has 6 heteroatoms. The largest absolute Gasteiger partial charge is 0.490 e. The number of aromatic carboxylic acids is 1. The van der Waals surface area contributed by atoms with Crippen LogP contribution in [-0.4, -0.2) is 51.0 Å². The van der Waals surface area contributed by atoms with Crippen LogP contribution in [0.1, 0.15) is 55.1 Å². The summed E-state index contributed by atoms with van der Waals surface area (Å²) in [7, 11) is 0. The van der Waals surface area contributed by atoms with Gasteiger partial charge >= 0.3 is 5.97 Å². The minimum Gasteiger partial charge on any atom is -0.490 e. The summed E-state index contributed by atoms with van der Waals surface area (Å²) in [6.07, 6.45) is 8.73. The van der Waals surface area contributed by atoms with Gasteiger partial charge in [0.05, 0.1) is 11.4 Å². The SMILES string of the molecule is CCc1nn(-c2ccc(OC3CCN(C4CCC4)CC3)cc2)cc1C(=O)O. The Kier molecular flexibility index (Phi) is 5.16. The van der Waals surface area contributed by atoms with Crippen LogP contribution in [0, 0.1) is 0 Å². The summed E-state index contributed by atoms with van der Waals surface area (Å²) in [5.74, 6) is -0.0755. The van der Waals surface area contributed by atoms with Crippen molar-refractivity contribution in [2.75, 3.05) is 13.1 Å². The molecule has 2 aromatic rings. The molecular weight excluding hydrogens is 342 g/mol. The lowest BCUT2D eigenvalue weighted by molar-refractivity contribution is 0.0493. The van der Waals surface area contributed by atoms with Crippen molar-refractivity contribution < 1.29 is 14.6 Å². The topological polar surface area (TPSA) is 67.6 Å². The number of likely N-dealkylation sites (tertiary alicyclic amines) is 1. The third-order valence-electron chi connectivity index (χ3n) is 5.83. The molecule has 1 aliphatic heterocycles. The number of aryl methyl sites for hydroxylation is 1. The first kappa shape index (κ1) is 18.0. The van der Waals surface area contributed by atoms with Crippen LogP contribution in [0.4, 0.5) is 0 Å². The van der Waals surface area contributed by atoms with Crippen LogP contribution in [0.3, 0.4) is 0 Å². The van der Waals surface area contributed by atoms with Crippen LogP contribution in [0.15, 0.2) is 30.5 Å². The van der Waals surface area contributed by atoms with Gasteiger partial charge in [-0.25, -0.2) is 9.48 Å². The van der Waals surface area contributed by atoms with Crippen molar-refractivity contribution >= 4 is 5.97 Å². The third kappa shape index (κ3) is 3.86. The number of hydrogen-bond donors (Lipinski definition) is 1. The van der Waals surface area contributed by atoms with Gasteiger partial charge in [-0.15, -0.1) is 0 Å². The molecule has 0 bridgehead atoms. The molecule has 1 aromatic carbocycles. The van der Waals surface area contributed by atoms with Crippen LogP contribution in [0.25, 0.3) is 5.69 Å². The van der Waals surface area contributed by atoms with Crippen LogP contribution in [0.2, 0.25) is 0 Å². The fourth-order valence-electron chi connectivity index (χ4n) is 3.96. The molecule has 0 amide bonds. The van der Waals surface area contributed by atoms with E-state index in [9.17, 15) is 9.90 Å². The minimum absolute atomic E-state index is 0.260. The van der Waals surface area contributed by atoms with E-state index in [1.165, 1.54) is 19.3 Å². The summed E-state index contributed by atoms with van der Waals surface area (Å²) in [6.45, 7) is 4.18. The molecule has 4 rings (SSSR count). The molecule has 1 N–H and O–H groups in total. The van der Waals surface area contributed by atoms with Crippen molar-refractivity contribution in [3.05, 3.63) is 41.7 Å². The predicted octanol–water partition coefficient (Wildman–Crippen LogP) is 3.53. The Balaban J connectivity index is 1.37. The maximum atomic E-state index is 11.3. The van der Waals surface area contributed by atoms with Crippen LogP contribution < -0.4 is 4.74 Å². The molecular formula is C21H27N3O3. The number of carboxylic acid groups (broad SMARTS) is 1. The average molecular weight is 369 g/mol. The van der Waals surface area contributed by atoms with Gasteiger partial charge in [0.15, 0.2) is 0 Å². The minimum atomic E-state index is -0.939. The molecule has 0 spiro atoms. The molecule has 1 saturated heterocycles. The van der Waals surface area contributed by atoms with Gasteiger partial charge in [-0.05, 0) is 56.4 Å². The average Bonchev–Trinajstić information content (AvgIpc) is 3.07. The van der Waals surface area contributed by atoms with E-state index in [0.29, 0.717) is 12.1 Å². The number of rotatable bonds is 6. The number of nitrogens with zero attached hydrogens (tertiary/aromatic N) is 3. The van der Waals surface area contributed by atoms with Gasteiger partial charge in [0.2, 0.25) is 0 Å². The summed E-state index contributed by atoms with van der Waals surface area (Å²) in [5.41, 5.74) is 1.70. The number of benzene rings is 1. The molecule has 1 saturated carbocycles. The Morgan fingerprint density at radius 2 is 1.89 bits per heavy atom. The van der Waals surface area contributed by atoms with Crippen LogP contribution in [0.5, 0.6) is 5.75 Å². The lowest BCUT2D eigenvalue weighted by atomic mass is 9.90. The van der Waals surface area contributed by atoms with E-state index < -0.39 is 5.97 Å². The number of aromatic nitrogens is 2. The highest BCUT2D eigenvalue weighted by atomic mass is 16.5. The van der Waals surface area contributed by atoms with Gasteiger partial charge in [-0.3, -0.25) is 0 Å². The van der Waals surface area contributed by atoms with Crippen molar-refractivity contribution in [2.45, 2.75) is 57.6 Å². The van der Waals surface area contributed by atoms with E-state index >= 15 is 0 Å². The fourth-order valence-corrected chi connectivity index (χ4v) is 3.96. The Morgan fingerprint density at radius 3 is 2.41 bits per heavy atom. The first-order valence-electron chi connectivity index (χ1n) is 9.97. The van der Waals surface area contributed by atoms with E-state index in [0.717, 1.165) is 43.4 Å². The molecule has 0 atom stereocenters. The van der Waals surface area contributed by atoms with E-state index in [2.05, 4.69) is 10.00 Å². The maximum absolute atomic E-state index is 11.3. The number of piperidine rings is 1. The Labute approximate surface area is 159 Å². The van der Waals surface area contributed by atoms with E-state index in [1.54, 1.807) is 10.9 Å². The molecule has 144 valence electrons.